The van der Waals surface area contributed by atoms with Gasteiger partial charge in [0.2, 0.25) is 0 Å². The van der Waals surface area contributed by atoms with Crippen LogP contribution in [-0.4, -0.2) is 17.0 Å². The number of thiophene rings is 1. The third-order valence-corrected chi connectivity index (χ3v) is 8.90. The molecule has 1 N–H and O–H groups in total. The van der Waals surface area contributed by atoms with E-state index in [-0.39, 0.29) is 22.0 Å². The predicted molar refractivity (Wildman–Crippen MR) is 162 cm³/mol. The maximum Gasteiger partial charge on any atom is 0.288 e. The maximum absolute atomic E-state index is 13.5. The van der Waals surface area contributed by atoms with Crippen LogP contribution in [-0.2, 0) is 12.8 Å². The van der Waals surface area contributed by atoms with Gasteiger partial charge in [-0.2, -0.15) is 0 Å². The van der Waals surface area contributed by atoms with Gasteiger partial charge in [0.1, 0.15) is 21.5 Å². The molecule has 206 valence electrons. The van der Waals surface area contributed by atoms with E-state index in [1.807, 2.05) is 0 Å². The Bertz CT molecular complexity index is 1620. The molecule has 0 saturated heterocycles. The molecule has 0 fully saturated rings. The van der Waals surface area contributed by atoms with Crippen molar-refractivity contribution in [1.82, 2.24) is 0 Å². The van der Waals surface area contributed by atoms with Crippen molar-refractivity contribution in [2.24, 2.45) is 16.3 Å². The fourth-order valence-electron chi connectivity index (χ4n) is 4.87. The van der Waals surface area contributed by atoms with E-state index >= 15 is 0 Å². The number of amides is 1. The van der Waals surface area contributed by atoms with E-state index in [9.17, 15) is 14.9 Å². The van der Waals surface area contributed by atoms with Gasteiger partial charge >= 0.3 is 0 Å². The summed E-state index contributed by atoms with van der Waals surface area (Å²) >= 11 is 13.5. The van der Waals surface area contributed by atoms with Crippen LogP contribution in [0.4, 0.5) is 16.4 Å². The summed E-state index contributed by atoms with van der Waals surface area (Å²) in [6, 6.07) is 15.0. The van der Waals surface area contributed by atoms with Crippen LogP contribution in [0.1, 0.15) is 53.8 Å². The molecule has 1 aliphatic carbocycles. The van der Waals surface area contributed by atoms with Gasteiger partial charge in [0.05, 0.1) is 16.7 Å². The van der Waals surface area contributed by atoms with Crippen molar-refractivity contribution in [2.45, 2.75) is 40.0 Å². The lowest BCUT2D eigenvalue weighted by molar-refractivity contribution is -0.384. The van der Waals surface area contributed by atoms with E-state index in [2.05, 4.69) is 26.1 Å². The molecule has 5 rings (SSSR count). The summed E-state index contributed by atoms with van der Waals surface area (Å²) in [4.78, 5) is 30.2. The van der Waals surface area contributed by atoms with Gasteiger partial charge < -0.3 is 9.73 Å². The second-order valence-electron chi connectivity index (χ2n) is 10.8. The summed E-state index contributed by atoms with van der Waals surface area (Å²) in [6.45, 7) is 6.77. The Morgan fingerprint density at radius 1 is 1.15 bits per heavy atom. The Morgan fingerprint density at radius 2 is 1.90 bits per heavy atom. The van der Waals surface area contributed by atoms with E-state index in [4.69, 9.17) is 32.6 Å². The number of halogens is 2. The minimum Gasteiger partial charge on any atom is -0.455 e. The average molecular weight is 597 g/mol. The molecule has 0 bridgehead atoms. The first-order valence-corrected chi connectivity index (χ1v) is 14.4. The number of nitrogens with zero attached hydrogens (tertiary/aromatic N) is 2. The minimum atomic E-state index is -0.531. The molecule has 2 aromatic carbocycles. The largest absolute Gasteiger partial charge is 0.455 e. The number of nitrogens with one attached hydrogen (secondary N) is 1. The number of nitro benzene ring substituents is 1. The topological polar surface area (TPSA) is 97.7 Å². The van der Waals surface area contributed by atoms with Crippen LogP contribution in [0.5, 0.6) is 0 Å². The molecular formula is C30H27Cl2N3O4S. The van der Waals surface area contributed by atoms with Crippen LogP contribution in [0.2, 0.25) is 10.0 Å². The molecular weight excluding hydrogens is 569 g/mol. The van der Waals surface area contributed by atoms with E-state index in [1.54, 1.807) is 60.0 Å². The summed E-state index contributed by atoms with van der Waals surface area (Å²) in [5, 5.41) is 15.5. The first kappa shape index (κ1) is 28.1. The van der Waals surface area contributed by atoms with Crippen molar-refractivity contribution in [3.05, 3.63) is 96.5 Å². The predicted octanol–water partition coefficient (Wildman–Crippen LogP) is 9.38. The fourth-order valence-corrected chi connectivity index (χ4v) is 6.45. The molecule has 2 heterocycles. The van der Waals surface area contributed by atoms with Gasteiger partial charge in [-0.05, 0) is 84.7 Å². The SMILES string of the molecule is CC(C)(C)[C@H]1CCc2c(sc(N=Cc3ccc(-c4ccc(Cl)c([N+](=O)[O-])c4)o3)c2C(=O)Nc2ccc(Cl)cc2)C1. The van der Waals surface area contributed by atoms with Crippen molar-refractivity contribution >= 4 is 63.0 Å². The molecule has 0 saturated carbocycles. The Balaban J connectivity index is 1.46. The molecule has 0 spiro atoms. The lowest BCUT2D eigenvalue weighted by atomic mass is 9.72. The number of nitro groups is 1. The quantitative estimate of drug-likeness (QED) is 0.136. The molecule has 10 heteroatoms. The first-order valence-electron chi connectivity index (χ1n) is 12.8. The highest BCUT2D eigenvalue weighted by atomic mass is 35.5. The summed E-state index contributed by atoms with van der Waals surface area (Å²) < 4.78 is 5.91. The van der Waals surface area contributed by atoms with E-state index in [0.29, 0.717) is 44.3 Å². The summed E-state index contributed by atoms with van der Waals surface area (Å²) in [5.41, 5.74) is 2.79. The van der Waals surface area contributed by atoms with Gasteiger partial charge in [-0.1, -0.05) is 44.0 Å². The lowest BCUT2D eigenvalue weighted by Gasteiger charge is -2.33. The van der Waals surface area contributed by atoms with Gasteiger partial charge in [-0.15, -0.1) is 11.3 Å². The number of carbonyl (C=O) groups excluding carboxylic acids is 1. The summed E-state index contributed by atoms with van der Waals surface area (Å²) in [6.07, 6.45) is 4.30. The van der Waals surface area contributed by atoms with Crippen LogP contribution >= 0.6 is 34.5 Å². The number of carbonyl (C=O) groups is 1. The third-order valence-electron chi connectivity index (χ3n) is 7.16. The monoisotopic (exact) mass is 595 g/mol. The van der Waals surface area contributed by atoms with Crippen LogP contribution in [0.15, 0.2) is 64.0 Å². The summed E-state index contributed by atoms with van der Waals surface area (Å²) in [5.74, 6) is 1.20. The molecule has 0 aliphatic heterocycles. The normalized spacial score (nSPS) is 15.3. The second kappa shape index (κ2) is 11.2. The molecule has 40 heavy (non-hydrogen) atoms. The number of furan rings is 1. The first-order chi connectivity index (χ1) is 19.0. The molecule has 0 radical (unpaired) electrons. The van der Waals surface area contributed by atoms with E-state index < -0.39 is 4.92 Å². The van der Waals surface area contributed by atoms with Gasteiger partial charge in [0.25, 0.3) is 11.6 Å². The Morgan fingerprint density at radius 3 is 2.60 bits per heavy atom. The second-order valence-corrected chi connectivity index (χ2v) is 12.8. The van der Waals surface area contributed by atoms with Crippen molar-refractivity contribution < 1.29 is 14.1 Å². The van der Waals surface area contributed by atoms with Crippen LogP contribution in [0.3, 0.4) is 0 Å². The zero-order valence-electron chi connectivity index (χ0n) is 22.2. The Hall–Kier alpha value is -3.46. The number of rotatable bonds is 6. The average Bonchev–Trinajstić information content (AvgIpc) is 3.52. The molecule has 7 nitrogen and oxygen atoms in total. The number of hydrogen-bond acceptors (Lipinski definition) is 6. The fraction of sp³-hybridized carbons (Fsp3) is 0.267. The molecule has 4 aromatic rings. The highest BCUT2D eigenvalue weighted by Crippen LogP contribution is 2.45. The van der Waals surface area contributed by atoms with Crippen molar-refractivity contribution in [3.8, 4) is 11.3 Å². The van der Waals surface area contributed by atoms with Crippen molar-refractivity contribution in [3.63, 3.8) is 0 Å². The van der Waals surface area contributed by atoms with Crippen molar-refractivity contribution in [2.75, 3.05) is 5.32 Å². The van der Waals surface area contributed by atoms with Gasteiger partial charge in [-0.3, -0.25) is 14.9 Å². The maximum atomic E-state index is 13.5. The third kappa shape index (κ3) is 5.99. The highest BCUT2D eigenvalue weighted by molar-refractivity contribution is 7.16. The number of hydrogen-bond donors (Lipinski definition) is 1. The summed E-state index contributed by atoms with van der Waals surface area (Å²) in [7, 11) is 0. The van der Waals surface area contributed by atoms with E-state index in [1.165, 1.54) is 17.0 Å². The molecule has 1 atom stereocenters. The molecule has 1 amide bonds. The molecule has 1 aliphatic rings. The smallest absolute Gasteiger partial charge is 0.288 e. The Labute approximate surface area is 246 Å². The number of fused-ring (bicyclic) bond motifs is 1. The van der Waals surface area contributed by atoms with E-state index in [0.717, 1.165) is 24.8 Å². The molecule has 2 aromatic heterocycles. The minimum absolute atomic E-state index is 0.0573. The Kier molecular flexibility index (Phi) is 7.86. The highest BCUT2D eigenvalue weighted by Gasteiger charge is 2.33. The van der Waals surface area contributed by atoms with Crippen LogP contribution in [0.25, 0.3) is 11.3 Å². The zero-order chi connectivity index (χ0) is 28.6. The van der Waals surface area contributed by atoms with Crippen LogP contribution in [0, 0.1) is 21.4 Å². The number of anilines is 1. The lowest BCUT2D eigenvalue weighted by Crippen LogP contribution is -2.27. The van der Waals surface area contributed by atoms with Crippen LogP contribution < -0.4 is 5.32 Å². The number of aliphatic imine (C=N–C) groups is 1. The zero-order valence-corrected chi connectivity index (χ0v) is 24.5. The van der Waals surface area contributed by atoms with Crippen molar-refractivity contribution in [1.29, 1.82) is 0 Å². The van der Waals surface area contributed by atoms with Gasteiger partial charge in [-0.25, -0.2) is 4.99 Å². The molecule has 0 unspecified atom stereocenters. The van der Waals surface area contributed by atoms with Gasteiger partial charge in [0.15, 0.2) is 0 Å². The van der Waals surface area contributed by atoms with Gasteiger partial charge in [0, 0.05) is 27.2 Å². The number of benzene rings is 2. The standard InChI is InChI=1S/C30H27Cl2N3O4S/c1-30(2,3)18-5-11-22-26(15-18)40-29(27(22)28(36)34-20-8-6-19(31)7-9-20)33-16-21-10-13-25(39-21)17-4-12-23(32)24(14-17)35(37)38/h4,6-10,12-14,16,18H,5,11,15H2,1-3H3,(H,34,36)/t18-/m0/s1.